The van der Waals surface area contributed by atoms with Crippen LogP contribution in [0.15, 0.2) is 30.3 Å². The van der Waals surface area contributed by atoms with Crippen LogP contribution in [0, 0.1) is 17.2 Å². The minimum absolute atomic E-state index is 0.0672. The number of nitriles is 1. The Balaban J connectivity index is 2.55. The first-order valence-corrected chi connectivity index (χ1v) is 6.87. The van der Waals surface area contributed by atoms with Crippen LogP contribution in [0.4, 0.5) is 0 Å². The number of carbonyl (C=O) groups is 1. The molecule has 0 heterocycles. The first kappa shape index (κ1) is 15.2. The monoisotopic (exact) mass is 258 g/mol. The van der Waals surface area contributed by atoms with Gasteiger partial charge in [-0.15, -0.1) is 0 Å². The molecule has 0 aliphatic heterocycles. The van der Waals surface area contributed by atoms with Crippen LogP contribution >= 0.6 is 0 Å². The van der Waals surface area contributed by atoms with Gasteiger partial charge in [-0.25, -0.2) is 0 Å². The summed E-state index contributed by atoms with van der Waals surface area (Å²) in [6.45, 7) is 2.87. The fourth-order valence-corrected chi connectivity index (χ4v) is 2.01. The highest BCUT2D eigenvalue weighted by Crippen LogP contribution is 2.11. The Bertz CT molecular complexity index is 422. The van der Waals surface area contributed by atoms with Gasteiger partial charge in [0.15, 0.2) is 0 Å². The van der Waals surface area contributed by atoms with Crippen molar-refractivity contribution in [3.8, 4) is 6.07 Å². The van der Waals surface area contributed by atoms with E-state index in [1.807, 2.05) is 30.3 Å². The normalized spacial score (nSPS) is 11.6. The summed E-state index contributed by atoms with van der Waals surface area (Å²) in [6, 6.07) is 11.8. The van der Waals surface area contributed by atoms with Gasteiger partial charge >= 0.3 is 0 Å². The number of benzene rings is 1. The Morgan fingerprint density at radius 3 is 2.58 bits per heavy atom. The summed E-state index contributed by atoms with van der Waals surface area (Å²) in [5.41, 5.74) is 1.03. The summed E-state index contributed by atoms with van der Waals surface area (Å²) in [5.74, 6) is -0.642. The molecule has 0 aliphatic rings. The lowest BCUT2D eigenvalue weighted by Gasteiger charge is -2.20. The van der Waals surface area contributed by atoms with Crippen LogP contribution in [0.2, 0.25) is 0 Å². The molecule has 1 amide bonds. The maximum absolute atomic E-state index is 12.2. The summed E-state index contributed by atoms with van der Waals surface area (Å²) in [6.07, 6.45) is 3.75. The molecular formula is C16H22N2O. The molecule has 0 spiro atoms. The van der Waals surface area contributed by atoms with E-state index >= 15 is 0 Å². The van der Waals surface area contributed by atoms with Crippen molar-refractivity contribution in [1.82, 2.24) is 4.90 Å². The average molecular weight is 258 g/mol. The van der Waals surface area contributed by atoms with Crippen LogP contribution in [0.1, 0.15) is 31.7 Å². The first-order valence-electron chi connectivity index (χ1n) is 6.87. The molecule has 19 heavy (non-hydrogen) atoms. The zero-order valence-corrected chi connectivity index (χ0v) is 11.8. The van der Waals surface area contributed by atoms with Crippen molar-refractivity contribution in [3.63, 3.8) is 0 Å². The van der Waals surface area contributed by atoms with Crippen LogP contribution in [0.25, 0.3) is 0 Å². The second-order valence-corrected chi connectivity index (χ2v) is 4.84. The van der Waals surface area contributed by atoms with Crippen molar-refractivity contribution in [2.75, 3.05) is 13.6 Å². The van der Waals surface area contributed by atoms with E-state index in [0.717, 1.165) is 31.4 Å². The van der Waals surface area contributed by atoms with Gasteiger partial charge in [-0.05, 0) is 18.4 Å². The Hall–Kier alpha value is -1.82. The third kappa shape index (κ3) is 5.13. The first-order chi connectivity index (χ1) is 9.19. The van der Waals surface area contributed by atoms with Crippen molar-refractivity contribution in [3.05, 3.63) is 35.9 Å². The van der Waals surface area contributed by atoms with Gasteiger partial charge in [0.05, 0.1) is 6.07 Å². The van der Waals surface area contributed by atoms with E-state index in [1.54, 1.807) is 11.9 Å². The van der Waals surface area contributed by atoms with E-state index in [2.05, 4.69) is 13.0 Å². The Labute approximate surface area is 115 Å². The lowest BCUT2D eigenvalue weighted by atomic mass is 9.99. The molecule has 0 fully saturated rings. The molecule has 0 radical (unpaired) electrons. The highest BCUT2D eigenvalue weighted by molar-refractivity contribution is 5.81. The second kappa shape index (κ2) is 8.31. The van der Waals surface area contributed by atoms with E-state index in [1.165, 1.54) is 0 Å². The van der Waals surface area contributed by atoms with Gasteiger partial charge in [-0.3, -0.25) is 4.79 Å². The van der Waals surface area contributed by atoms with Gasteiger partial charge < -0.3 is 4.90 Å². The number of amides is 1. The van der Waals surface area contributed by atoms with Crippen molar-refractivity contribution < 1.29 is 4.79 Å². The molecule has 1 aromatic rings. The molecule has 3 heteroatoms. The van der Waals surface area contributed by atoms with Crippen LogP contribution in [0.3, 0.4) is 0 Å². The summed E-state index contributed by atoms with van der Waals surface area (Å²) in [5, 5.41) is 9.18. The highest BCUT2D eigenvalue weighted by Gasteiger charge is 2.21. The average Bonchev–Trinajstić information content (AvgIpc) is 2.45. The maximum Gasteiger partial charge on any atom is 0.240 e. The Morgan fingerprint density at radius 1 is 1.32 bits per heavy atom. The predicted molar refractivity (Wildman–Crippen MR) is 76.4 cm³/mol. The van der Waals surface area contributed by atoms with Gasteiger partial charge in [-0.1, -0.05) is 50.1 Å². The lowest BCUT2D eigenvalue weighted by Crippen LogP contribution is -2.34. The minimum Gasteiger partial charge on any atom is -0.345 e. The molecule has 1 unspecified atom stereocenters. The molecule has 1 rings (SSSR count). The maximum atomic E-state index is 12.2. The quantitative estimate of drug-likeness (QED) is 0.706. The van der Waals surface area contributed by atoms with E-state index < -0.39 is 5.92 Å². The van der Waals surface area contributed by atoms with Crippen LogP contribution in [-0.4, -0.2) is 24.4 Å². The number of nitrogens with zero attached hydrogens (tertiary/aromatic N) is 2. The van der Waals surface area contributed by atoms with Crippen LogP contribution in [-0.2, 0) is 11.2 Å². The molecule has 102 valence electrons. The fraction of sp³-hybridized carbons (Fsp3) is 0.500. The summed E-state index contributed by atoms with van der Waals surface area (Å²) < 4.78 is 0. The van der Waals surface area contributed by atoms with Crippen LogP contribution < -0.4 is 0 Å². The third-order valence-corrected chi connectivity index (χ3v) is 3.21. The molecule has 0 N–H and O–H groups in total. The molecule has 0 saturated carbocycles. The van der Waals surface area contributed by atoms with Gasteiger partial charge in [0.1, 0.15) is 5.92 Å². The molecular weight excluding hydrogens is 236 g/mol. The van der Waals surface area contributed by atoms with Crippen molar-refractivity contribution >= 4 is 5.91 Å². The van der Waals surface area contributed by atoms with Crippen molar-refractivity contribution in [2.45, 2.75) is 32.6 Å². The molecule has 1 aromatic carbocycles. The van der Waals surface area contributed by atoms with Gasteiger partial charge in [-0.2, -0.15) is 5.26 Å². The van der Waals surface area contributed by atoms with Gasteiger partial charge in [0, 0.05) is 13.6 Å². The SMILES string of the molecule is CCCCCN(C)C(=O)C(C#N)Cc1ccccc1. The summed E-state index contributed by atoms with van der Waals surface area (Å²) >= 11 is 0. The smallest absolute Gasteiger partial charge is 0.240 e. The fourth-order valence-electron chi connectivity index (χ4n) is 2.01. The number of carbonyl (C=O) groups excluding carboxylic acids is 1. The Morgan fingerprint density at radius 2 is 2.00 bits per heavy atom. The minimum atomic E-state index is -0.575. The van der Waals surface area contributed by atoms with E-state index in [9.17, 15) is 10.1 Å². The van der Waals surface area contributed by atoms with Crippen molar-refractivity contribution in [1.29, 1.82) is 5.26 Å². The standard InChI is InChI=1S/C16H22N2O/c1-3-4-8-11-18(2)16(19)15(13-17)12-14-9-6-5-7-10-14/h5-7,9-10,15H,3-4,8,11-12H2,1-2H3. The summed E-state index contributed by atoms with van der Waals surface area (Å²) in [4.78, 5) is 13.9. The largest absolute Gasteiger partial charge is 0.345 e. The van der Waals surface area contributed by atoms with Crippen molar-refractivity contribution in [2.24, 2.45) is 5.92 Å². The molecule has 0 aliphatic carbocycles. The topological polar surface area (TPSA) is 44.1 Å². The number of hydrogen-bond acceptors (Lipinski definition) is 2. The molecule has 0 saturated heterocycles. The molecule has 0 bridgehead atoms. The predicted octanol–water partition coefficient (Wildman–Crippen LogP) is 3.02. The third-order valence-electron chi connectivity index (χ3n) is 3.21. The Kier molecular flexibility index (Phi) is 6.67. The number of rotatable bonds is 7. The van der Waals surface area contributed by atoms with Crippen LogP contribution in [0.5, 0.6) is 0 Å². The number of hydrogen-bond donors (Lipinski definition) is 0. The number of unbranched alkanes of at least 4 members (excludes halogenated alkanes) is 2. The highest BCUT2D eigenvalue weighted by atomic mass is 16.2. The zero-order chi connectivity index (χ0) is 14.1. The van der Waals surface area contributed by atoms with E-state index in [-0.39, 0.29) is 5.91 Å². The van der Waals surface area contributed by atoms with E-state index in [0.29, 0.717) is 6.42 Å². The molecule has 3 nitrogen and oxygen atoms in total. The zero-order valence-electron chi connectivity index (χ0n) is 11.8. The van der Waals surface area contributed by atoms with E-state index in [4.69, 9.17) is 0 Å². The van der Waals surface area contributed by atoms with Gasteiger partial charge in [0.25, 0.3) is 0 Å². The van der Waals surface area contributed by atoms with Gasteiger partial charge in [0.2, 0.25) is 5.91 Å². The molecule has 0 aromatic heterocycles. The summed E-state index contributed by atoms with van der Waals surface area (Å²) in [7, 11) is 1.79. The molecule has 1 atom stereocenters. The lowest BCUT2D eigenvalue weighted by molar-refractivity contribution is -0.132. The second-order valence-electron chi connectivity index (χ2n) is 4.84.